The van der Waals surface area contributed by atoms with Gasteiger partial charge in [-0.25, -0.2) is 18.4 Å². The van der Waals surface area contributed by atoms with Gasteiger partial charge in [0.25, 0.3) is 5.89 Å². The predicted octanol–water partition coefficient (Wildman–Crippen LogP) is 2.96. The Morgan fingerprint density at radius 1 is 0.971 bits per heavy atom. The Labute approximate surface area is 196 Å². The Morgan fingerprint density at radius 3 is 2.21 bits per heavy atom. The molecule has 0 radical (unpaired) electrons. The lowest BCUT2D eigenvalue weighted by Gasteiger charge is -2.09. The van der Waals surface area contributed by atoms with Crippen molar-refractivity contribution in [2.24, 2.45) is 10.7 Å². The highest BCUT2D eigenvalue weighted by atomic mass is 32.2. The zero-order valence-corrected chi connectivity index (χ0v) is 19.6. The summed E-state index contributed by atoms with van der Waals surface area (Å²) in [6, 6.07) is 13.6. The van der Waals surface area contributed by atoms with Gasteiger partial charge in [-0.1, -0.05) is 24.3 Å². The van der Waals surface area contributed by atoms with Gasteiger partial charge in [0.15, 0.2) is 21.3 Å². The van der Waals surface area contributed by atoms with E-state index in [1.165, 1.54) is 6.20 Å². The number of anilines is 1. The molecule has 0 atom stereocenters. The highest BCUT2D eigenvalue weighted by Crippen LogP contribution is 2.28. The number of aliphatic imine (C=N–C) groups is 1. The molecule has 0 aliphatic rings. The summed E-state index contributed by atoms with van der Waals surface area (Å²) in [7, 11) is -1.75. The minimum Gasteiger partial charge on any atom is -0.414 e. The maximum atomic E-state index is 12.4. The summed E-state index contributed by atoms with van der Waals surface area (Å²) in [5.41, 5.74) is 14.7. The highest BCUT2D eigenvalue weighted by Gasteiger charge is 2.20. The van der Waals surface area contributed by atoms with Crippen LogP contribution in [-0.2, 0) is 9.84 Å². The molecule has 4 N–H and O–H groups in total. The van der Waals surface area contributed by atoms with Crippen molar-refractivity contribution in [1.29, 1.82) is 0 Å². The molecule has 0 saturated heterocycles. The van der Waals surface area contributed by atoms with Crippen molar-refractivity contribution in [3.8, 4) is 34.3 Å². The lowest BCUT2D eigenvalue weighted by molar-refractivity contribution is 0.582. The zero-order valence-electron chi connectivity index (χ0n) is 18.8. The third kappa shape index (κ3) is 4.37. The van der Waals surface area contributed by atoms with Crippen LogP contribution >= 0.6 is 0 Å². The highest BCUT2D eigenvalue weighted by molar-refractivity contribution is 7.92. The number of hydrogen-bond acceptors (Lipinski definition) is 9. The lowest BCUT2D eigenvalue weighted by atomic mass is 10.1. The average molecular weight is 478 g/mol. The van der Waals surface area contributed by atoms with E-state index in [1.54, 1.807) is 69.4 Å². The van der Waals surface area contributed by atoms with Gasteiger partial charge in [-0.15, -0.1) is 10.2 Å². The maximum Gasteiger partial charge on any atom is 0.270 e. The Balaban J connectivity index is 1.64. The molecule has 11 heteroatoms. The second-order valence-electron chi connectivity index (χ2n) is 7.71. The average Bonchev–Trinajstić information content (AvgIpc) is 3.34. The van der Waals surface area contributed by atoms with Gasteiger partial charge < -0.3 is 15.9 Å². The molecule has 0 fully saturated rings. The predicted molar refractivity (Wildman–Crippen MR) is 130 cm³/mol. The van der Waals surface area contributed by atoms with Crippen molar-refractivity contribution in [2.75, 3.05) is 12.8 Å². The molecule has 0 saturated carbocycles. The van der Waals surface area contributed by atoms with Gasteiger partial charge in [0, 0.05) is 23.7 Å². The van der Waals surface area contributed by atoms with E-state index in [2.05, 4.69) is 25.2 Å². The van der Waals surface area contributed by atoms with Crippen LogP contribution in [0.25, 0.3) is 34.3 Å². The first kappa shape index (κ1) is 23.1. The van der Waals surface area contributed by atoms with Crippen LogP contribution in [0.4, 0.5) is 5.82 Å². The summed E-state index contributed by atoms with van der Waals surface area (Å²) in [5.74, 6) is 0.940. The van der Waals surface area contributed by atoms with Crippen LogP contribution in [0.3, 0.4) is 0 Å². The Morgan fingerprint density at radius 2 is 1.59 bits per heavy atom. The topological polar surface area (TPSA) is 163 Å². The molecule has 4 aromatic rings. The third-order valence-electron chi connectivity index (χ3n) is 5.20. The van der Waals surface area contributed by atoms with Crippen LogP contribution in [0.2, 0.25) is 0 Å². The zero-order chi connectivity index (χ0) is 24.5. The number of nitrogen functional groups attached to an aromatic ring is 1. The van der Waals surface area contributed by atoms with E-state index in [1.807, 2.05) is 0 Å². The quantitative estimate of drug-likeness (QED) is 0.314. The molecule has 0 aliphatic carbocycles. The van der Waals surface area contributed by atoms with Gasteiger partial charge in [-0.3, -0.25) is 4.99 Å². The minimum absolute atomic E-state index is 0.111. The van der Waals surface area contributed by atoms with E-state index >= 15 is 0 Å². The van der Waals surface area contributed by atoms with Crippen molar-refractivity contribution in [2.45, 2.75) is 24.0 Å². The summed E-state index contributed by atoms with van der Waals surface area (Å²) in [6.45, 7) is 3.28. The number of nitrogens with two attached hydrogens (primary N) is 2. The fraction of sp³-hybridized carbons (Fsp3) is 0.174. The molecule has 4 rings (SSSR count). The fourth-order valence-corrected chi connectivity index (χ4v) is 4.19. The maximum absolute atomic E-state index is 12.4. The first-order chi connectivity index (χ1) is 16.2. The molecule has 174 valence electrons. The molecule has 2 heterocycles. The molecule has 2 aromatic heterocycles. The van der Waals surface area contributed by atoms with Gasteiger partial charge in [-0.05, 0) is 38.1 Å². The number of rotatable bonds is 6. The minimum atomic E-state index is -3.37. The van der Waals surface area contributed by atoms with Gasteiger partial charge in [0.2, 0.25) is 5.89 Å². The van der Waals surface area contributed by atoms with E-state index < -0.39 is 15.1 Å². The molecular formula is C23H23N7O3S. The second kappa shape index (κ2) is 9.02. The van der Waals surface area contributed by atoms with Crippen LogP contribution in [0.15, 0.2) is 69.0 Å². The smallest absolute Gasteiger partial charge is 0.270 e. The van der Waals surface area contributed by atoms with Crippen LogP contribution < -0.4 is 11.5 Å². The monoisotopic (exact) mass is 477 g/mol. The Kier molecular flexibility index (Phi) is 6.12. The van der Waals surface area contributed by atoms with Crippen molar-refractivity contribution in [1.82, 2.24) is 20.2 Å². The fourth-order valence-electron chi connectivity index (χ4n) is 3.13. The molecule has 0 bridgehead atoms. The summed E-state index contributed by atoms with van der Waals surface area (Å²) in [6.07, 6.45) is 1.50. The van der Waals surface area contributed by atoms with Crippen molar-refractivity contribution in [3.63, 3.8) is 0 Å². The van der Waals surface area contributed by atoms with E-state index in [0.29, 0.717) is 22.7 Å². The van der Waals surface area contributed by atoms with E-state index in [4.69, 9.17) is 15.9 Å². The molecule has 10 nitrogen and oxygen atoms in total. The van der Waals surface area contributed by atoms with Gasteiger partial charge in [-0.2, -0.15) is 0 Å². The summed E-state index contributed by atoms with van der Waals surface area (Å²) >= 11 is 0. The summed E-state index contributed by atoms with van der Waals surface area (Å²) in [5, 5.41) is 7.65. The lowest BCUT2D eigenvalue weighted by Crippen LogP contribution is -2.13. The van der Waals surface area contributed by atoms with Crippen LogP contribution in [0.5, 0.6) is 0 Å². The number of hydrogen-bond donors (Lipinski definition) is 2. The second-order valence-corrected chi connectivity index (χ2v) is 10.2. The number of nitrogens with zero attached hydrogens (tertiary/aromatic N) is 5. The van der Waals surface area contributed by atoms with Gasteiger partial charge in [0.1, 0.15) is 5.84 Å². The standard InChI is InChI=1S/C23H23N7O3S/c1-13(2)34(31,32)17-10-8-14(9-11-17)18-12-27-21(25)19(28-18)23-30-29-22(33-23)16-6-4-15(5-7-16)20(24)26-3/h4-13H,1-3H3,(H2,24,26)(H2,25,27). The van der Waals surface area contributed by atoms with E-state index in [0.717, 1.165) is 5.56 Å². The number of sulfone groups is 1. The number of amidine groups is 1. The van der Waals surface area contributed by atoms with Crippen LogP contribution in [0, 0.1) is 0 Å². The summed E-state index contributed by atoms with van der Waals surface area (Å²) in [4.78, 5) is 12.9. The normalized spacial score (nSPS) is 12.3. The molecule has 0 amide bonds. The molecule has 0 unspecified atom stereocenters. The molecular weight excluding hydrogens is 454 g/mol. The van der Waals surface area contributed by atoms with Gasteiger partial charge in [0.05, 0.1) is 22.0 Å². The third-order valence-corrected chi connectivity index (χ3v) is 7.37. The first-order valence-electron chi connectivity index (χ1n) is 10.3. The van der Waals surface area contributed by atoms with Crippen molar-refractivity contribution >= 4 is 21.5 Å². The van der Waals surface area contributed by atoms with Gasteiger partial charge >= 0.3 is 0 Å². The van der Waals surface area contributed by atoms with Crippen molar-refractivity contribution in [3.05, 3.63) is 60.3 Å². The Bertz CT molecular complexity index is 1460. The molecule has 34 heavy (non-hydrogen) atoms. The van der Waals surface area contributed by atoms with E-state index in [9.17, 15) is 8.42 Å². The molecule has 0 spiro atoms. The SMILES string of the molecule is CN=C(N)c1ccc(-c2nnc(-c3nc(-c4ccc(S(=O)(=O)C(C)C)cc4)cnc3N)o2)cc1. The van der Waals surface area contributed by atoms with E-state index in [-0.39, 0.29) is 28.2 Å². The first-order valence-corrected chi connectivity index (χ1v) is 11.9. The van der Waals surface area contributed by atoms with Crippen LogP contribution in [0.1, 0.15) is 19.4 Å². The number of aromatic nitrogens is 4. The van der Waals surface area contributed by atoms with Crippen LogP contribution in [-0.4, -0.2) is 46.7 Å². The molecule has 2 aromatic carbocycles. The number of benzene rings is 2. The largest absolute Gasteiger partial charge is 0.414 e. The Hall–Kier alpha value is -4.12. The van der Waals surface area contributed by atoms with Crippen molar-refractivity contribution < 1.29 is 12.8 Å². The summed E-state index contributed by atoms with van der Waals surface area (Å²) < 4.78 is 30.5. The molecule has 0 aliphatic heterocycles.